The highest BCUT2D eigenvalue weighted by molar-refractivity contribution is 7.99. The fourth-order valence-electron chi connectivity index (χ4n) is 2.14. The largest absolute Gasteiger partial charge is 0.368 e. The number of aromatic nitrogens is 4. The maximum atomic E-state index is 11.5. The number of amides is 1. The molecule has 2 unspecified atom stereocenters. The monoisotopic (exact) mass is 256 g/mol. The van der Waals surface area contributed by atoms with Crippen molar-refractivity contribution in [2.45, 2.75) is 35.2 Å². The molecule has 1 fully saturated rings. The van der Waals surface area contributed by atoms with E-state index in [-0.39, 0.29) is 5.91 Å². The molecular weight excluding hydrogens is 240 g/mol. The average Bonchev–Trinajstić information content (AvgIpc) is 2.88. The van der Waals surface area contributed by atoms with Gasteiger partial charge in [0.15, 0.2) is 0 Å². The molecule has 0 aromatic carbocycles. The van der Waals surface area contributed by atoms with Gasteiger partial charge in [-0.3, -0.25) is 4.79 Å². The molecule has 0 spiro atoms. The summed E-state index contributed by atoms with van der Waals surface area (Å²) in [4.78, 5) is 11.5. The van der Waals surface area contributed by atoms with Crippen LogP contribution in [0.2, 0.25) is 0 Å². The molecule has 1 amide bonds. The van der Waals surface area contributed by atoms with Gasteiger partial charge in [0.25, 0.3) is 0 Å². The number of hydrogen-bond acceptors (Lipinski definition) is 6. The van der Waals surface area contributed by atoms with Crippen LogP contribution >= 0.6 is 11.8 Å². The van der Waals surface area contributed by atoms with Gasteiger partial charge in [-0.2, -0.15) is 0 Å². The first-order valence-electron chi connectivity index (χ1n) is 5.45. The summed E-state index contributed by atoms with van der Waals surface area (Å²) in [6.45, 7) is 0. The summed E-state index contributed by atoms with van der Waals surface area (Å²) >= 11 is 1.60. The Kier molecular flexibility index (Phi) is 3.34. The molecule has 2 rings (SSSR count). The van der Waals surface area contributed by atoms with Crippen molar-refractivity contribution in [2.75, 3.05) is 7.05 Å². The van der Waals surface area contributed by atoms with E-state index in [4.69, 9.17) is 5.73 Å². The van der Waals surface area contributed by atoms with Crippen LogP contribution in [0.15, 0.2) is 5.16 Å². The summed E-state index contributed by atoms with van der Waals surface area (Å²) in [6, 6.07) is 0. The summed E-state index contributed by atoms with van der Waals surface area (Å²) in [7, 11) is 3.58. The van der Waals surface area contributed by atoms with Crippen LogP contribution in [0.5, 0.6) is 0 Å². The first-order valence-corrected chi connectivity index (χ1v) is 6.33. The van der Waals surface area contributed by atoms with Gasteiger partial charge in [-0.25, -0.2) is 4.68 Å². The Morgan fingerprint density at radius 1 is 1.71 bits per heavy atom. The van der Waals surface area contributed by atoms with Crippen molar-refractivity contribution in [1.82, 2.24) is 25.5 Å². The predicted molar refractivity (Wildman–Crippen MR) is 63.3 cm³/mol. The van der Waals surface area contributed by atoms with Crippen LogP contribution in [-0.4, -0.2) is 44.0 Å². The van der Waals surface area contributed by atoms with Gasteiger partial charge in [0.05, 0.1) is 5.54 Å². The molecule has 1 aromatic rings. The molecule has 0 aliphatic heterocycles. The predicted octanol–water partition coefficient (Wildman–Crippen LogP) is -0.702. The number of rotatable bonds is 4. The van der Waals surface area contributed by atoms with E-state index in [1.165, 1.54) is 0 Å². The summed E-state index contributed by atoms with van der Waals surface area (Å²) in [5.74, 6) is -0.279. The van der Waals surface area contributed by atoms with Crippen LogP contribution in [0.3, 0.4) is 0 Å². The van der Waals surface area contributed by atoms with Gasteiger partial charge in [-0.1, -0.05) is 11.8 Å². The lowest BCUT2D eigenvalue weighted by Gasteiger charge is -2.24. The number of carbonyl (C=O) groups is 1. The molecule has 1 aliphatic rings. The van der Waals surface area contributed by atoms with Crippen molar-refractivity contribution in [1.29, 1.82) is 0 Å². The lowest BCUT2D eigenvalue weighted by Crippen LogP contribution is -2.52. The standard InChI is InChI=1S/C9H16N6OS/c1-11-9(7(10)16)4-3-6(5-9)17-8-12-13-14-15(8)2/h6,11H,3-5H2,1-2H3,(H2,10,16). The lowest BCUT2D eigenvalue weighted by atomic mass is 9.97. The molecule has 17 heavy (non-hydrogen) atoms. The number of hydrogen-bond donors (Lipinski definition) is 2. The van der Waals surface area contributed by atoms with E-state index in [1.54, 1.807) is 30.5 Å². The molecule has 0 bridgehead atoms. The summed E-state index contributed by atoms with van der Waals surface area (Å²) in [6.07, 6.45) is 2.42. The van der Waals surface area contributed by atoms with Crippen molar-refractivity contribution >= 4 is 17.7 Å². The summed E-state index contributed by atoms with van der Waals surface area (Å²) in [5, 5.41) is 15.4. The van der Waals surface area contributed by atoms with Crippen LogP contribution < -0.4 is 11.1 Å². The first-order chi connectivity index (χ1) is 8.07. The van der Waals surface area contributed by atoms with Gasteiger partial charge in [-0.05, 0) is 36.7 Å². The number of carbonyl (C=O) groups excluding carboxylic acids is 1. The Labute approximate surface area is 104 Å². The van der Waals surface area contributed by atoms with E-state index in [2.05, 4.69) is 20.8 Å². The molecule has 2 atom stereocenters. The number of nitrogens with one attached hydrogen (secondary N) is 1. The number of nitrogens with two attached hydrogens (primary N) is 1. The molecule has 7 nitrogen and oxygen atoms in total. The first kappa shape index (κ1) is 12.3. The van der Waals surface area contributed by atoms with Crippen molar-refractivity contribution in [3.05, 3.63) is 0 Å². The van der Waals surface area contributed by atoms with Gasteiger partial charge in [-0.15, -0.1) is 5.10 Å². The smallest absolute Gasteiger partial charge is 0.237 e. The van der Waals surface area contributed by atoms with E-state index < -0.39 is 5.54 Å². The normalized spacial score (nSPS) is 28.5. The zero-order valence-corrected chi connectivity index (χ0v) is 10.7. The Morgan fingerprint density at radius 3 is 2.94 bits per heavy atom. The highest BCUT2D eigenvalue weighted by Crippen LogP contribution is 2.39. The molecule has 1 heterocycles. The molecule has 3 N–H and O–H groups in total. The zero-order valence-electron chi connectivity index (χ0n) is 9.88. The van der Waals surface area contributed by atoms with Crippen LogP contribution in [0.1, 0.15) is 19.3 Å². The van der Waals surface area contributed by atoms with Crippen molar-refractivity contribution in [3.8, 4) is 0 Å². The van der Waals surface area contributed by atoms with Gasteiger partial charge < -0.3 is 11.1 Å². The van der Waals surface area contributed by atoms with Gasteiger partial charge in [0.1, 0.15) is 0 Å². The van der Waals surface area contributed by atoms with Gasteiger partial charge in [0, 0.05) is 12.3 Å². The zero-order chi connectivity index (χ0) is 12.5. The van der Waals surface area contributed by atoms with E-state index in [9.17, 15) is 4.79 Å². The Balaban J connectivity index is 2.03. The summed E-state index contributed by atoms with van der Waals surface area (Å²) in [5.41, 5.74) is 4.89. The Bertz CT molecular complexity index is 421. The van der Waals surface area contributed by atoms with Crippen LogP contribution in [0.25, 0.3) is 0 Å². The number of likely N-dealkylation sites (N-methyl/N-ethyl adjacent to an activating group) is 1. The number of primary amides is 1. The lowest BCUT2D eigenvalue weighted by molar-refractivity contribution is -0.124. The van der Waals surface area contributed by atoms with E-state index >= 15 is 0 Å². The third kappa shape index (κ3) is 2.27. The molecule has 94 valence electrons. The quantitative estimate of drug-likeness (QED) is 0.739. The van der Waals surface area contributed by atoms with Crippen molar-refractivity contribution in [3.63, 3.8) is 0 Å². The van der Waals surface area contributed by atoms with Crippen molar-refractivity contribution in [2.24, 2.45) is 12.8 Å². The fraction of sp³-hybridized carbons (Fsp3) is 0.778. The molecule has 0 radical (unpaired) electrons. The van der Waals surface area contributed by atoms with Gasteiger partial charge >= 0.3 is 0 Å². The molecule has 8 heteroatoms. The Morgan fingerprint density at radius 2 is 2.47 bits per heavy atom. The van der Waals surface area contributed by atoms with Crippen molar-refractivity contribution < 1.29 is 4.79 Å². The minimum atomic E-state index is -0.566. The SMILES string of the molecule is CNC1(C(N)=O)CCC(Sc2nnnn2C)C1. The maximum Gasteiger partial charge on any atom is 0.237 e. The molecule has 0 saturated heterocycles. The topological polar surface area (TPSA) is 98.7 Å². The average molecular weight is 256 g/mol. The Hall–Kier alpha value is -1.15. The molecule has 1 saturated carbocycles. The molecular formula is C9H16N6OS. The highest BCUT2D eigenvalue weighted by Gasteiger charge is 2.43. The fourth-order valence-corrected chi connectivity index (χ4v) is 3.32. The summed E-state index contributed by atoms with van der Waals surface area (Å²) < 4.78 is 1.63. The minimum absolute atomic E-state index is 0.279. The molecule has 1 aliphatic carbocycles. The second kappa shape index (κ2) is 4.61. The third-order valence-electron chi connectivity index (χ3n) is 3.27. The number of nitrogens with zero attached hydrogens (tertiary/aromatic N) is 4. The van der Waals surface area contributed by atoms with E-state index in [0.717, 1.165) is 24.4 Å². The van der Waals surface area contributed by atoms with E-state index in [1.807, 2.05) is 0 Å². The number of aryl methyl sites for hydroxylation is 1. The van der Waals surface area contributed by atoms with Crippen LogP contribution in [0, 0.1) is 0 Å². The minimum Gasteiger partial charge on any atom is -0.368 e. The van der Waals surface area contributed by atoms with Crippen LogP contribution in [-0.2, 0) is 11.8 Å². The van der Waals surface area contributed by atoms with Gasteiger partial charge in [0.2, 0.25) is 11.1 Å². The second-order valence-corrected chi connectivity index (χ2v) is 5.53. The highest BCUT2D eigenvalue weighted by atomic mass is 32.2. The number of thioether (sulfide) groups is 1. The van der Waals surface area contributed by atoms with E-state index in [0.29, 0.717) is 5.25 Å². The second-order valence-electron chi connectivity index (χ2n) is 4.26. The maximum absolute atomic E-state index is 11.5. The molecule has 1 aromatic heterocycles. The third-order valence-corrected chi connectivity index (χ3v) is 4.57. The number of tetrazole rings is 1. The van der Waals surface area contributed by atoms with Crippen LogP contribution in [0.4, 0.5) is 0 Å².